The van der Waals surface area contributed by atoms with Crippen molar-refractivity contribution >= 4 is 40.8 Å². The van der Waals surface area contributed by atoms with Gasteiger partial charge in [-0.3, -0.25) is 9.59 Å². The number of nitrogens with zero attached hydrogens (tertiary/aromatic N) is 5. The van der Waals surface area contributed by atoms with E-state index in [9.17, 15) is 9.59 Å². The number of carbonyl (C=O) groups is 2. The number of aromatic nitrogens is 2. The van der Waals surface area contributed by atoms with E-state index in [-0.39, 0.29) is 24.4 Å². The van der Waals surface area contributed by atoms with Crippen LogP contribution >= 0.6 is 23.2 Å². The molecule has 0 bridgehead atoms. The van der Waals surface area contributed by atoms with E-state index in [0.29, 0.717) is 47.5 Å². The molecule has 1 fully saturated rings. The van der Waals surface area contributed by atoms with Gasteiger partial charge in [-0.2, -0.15) is 0 Å². The molecule has 0 aliphatic carbocycles. The fourth-order valence-electron chi connectivity index (χ4n) is 4.81. The highest BCUT2D eigenvalue weighted by Crippen LogP contribution is 2.29. The molecule has 2 amide bonds. The molecular weight excluding hydrogens is 545 g/mol. The Morgan fingerprint density at radius 3 is 2.15 bits per heavy atom. The lowest BCUT2D eigenvalue weighted by Crippen LogP contribution is -2.52. The Bertz CT molecular complexity index is 1460. The summed E-state index contributed by atoms with van der Waals surface area (Å²) in [5, 5.41) is 9.84. The smallest absolute Gasteiger partial charge is 0.254 e. The molecule has 4 aromatic rings. The molecule has 9 heteroatoms. The Balaban J connectivity index is 1.24. The topological polar surface area (TPSA) is 69.6 Å². The second-order valence-electron chi connectivity index (χ2n) is 9.65. The summed E-state index contributed by atoms with van der Waals surface area (Å²) in [5.41, 5.74) is 2.96. The minimum absolute atomic E-state index is 0.000142. The molecular formula is C31H29Cl2N5O2. The summed E-state index contributed by atoms with van der Waals surface area (Å²) in [6.07, 6.45) is 0. The molecule has 204 valence electrons. The SMILES string of the molecule is C[C@H](c1ccccc1)N(CC(=O)N1CCN(c2ccc(-c3ccc(Cl)cc3Cl)nn2)CC1)C(=O)c1ccccc1. The molecule has 3 aromatic carbocycles. The van der Waals surface area contributed by atoms with Gasteiger partial charge in [-0.15, -0.1) is 10.2 Å². The van der Waals surface area contributed by atoms with Crippen molar-refractivity contribution in [3.05, 3.63) is 112 Å². The highest BCUT2D eigenvalue weighted by Gasteiger charge is 2.29. The summed E-state index contributed by atoms with van der Waals surface area (Å²) in [6, 6.07) is 27.7. The van der Waals surface area contributed by atoms with Crippen molar-refractivity contribution in [2.24, 2.45) is 0 Å². The number of benzene rings is 3. The number of piperazine rings is 1. The van der Waals surface area contributed by atoms with E-state index in [2.05, 4.69) is 15.1 Å². The molecule has 1 saturated heterocycles. The lowest BCUT2D eigenvalue weighted by Gasteiger charge is -2.37. The maximum Gasteiger partial charge on any atom is 0.254 e. The third kappa shape index (κ3) is 6.27. The minimum atomic E-state index is -0.262. The van der Waals surface area contributed by atoms with E-state index < -0.39 is 0 Å². The zero-order valence-electron chi connectivity index (χ0n) is 22.1. The first-order valence-electron chi connectivity index (χ1n) is 13.1. The highest BCUT2D eigenvalue weighted by molar-refractivity contribution is 6.36. The second-order valence-corrected chi connectivity index (χ2v) is 10.5. The molecule has 0 radical (unpaired) electrons. The summed E-state index contributed by atoms with van der Waals surface area (Å²) in [7, 11) is 0. The Morgan fingerprint density at radius 2 is 1.52 bits per heavy atom. The van der Waals surface area contributed by atoms with Crippen LogP contribution in [0.2, 0.25) is 10.0 Å². The number of halogens is 2. The fourth-order valence-corrected chi connectivity index (χ4v) is 5.31. The summed E-state index contributed by atoms with van der Waals surface area (Å²) in [4.78, 5) is 32.5. The van der Waals surface area contributed by atoms with Gasteiger partial charge in [0.15, 0.2) is 5.82 Å². The van der Waals surface area contributed by atoms with Crippen LogP contribution in [-0.2, 0) is 4.79 Å². The Hall–Kier alpha value is -3.94. The van der Waals surface area contributed by atoms with Crippen LogP contribution < -0.4 is 4.90 Å². The molecule has 1 aliphatic heterocycles. The van der Waals surface area contributed by atoms with Gasteiger partial charge in [0.05, 0.1) is 16.8 Å². The molecule has 40 heavy (non-hydrogen) atoms. The van der Waals surface area contributed by atoms with Crippen LogP contribution in [-0.4, -0.2) is 64.5 Å². The molecule has 1 aliphatic rings. The molecule has 7 nitrogen and oxygen atoms in total. The number of anilines is 1. The highest BCUT2D eigenvalue weighted by atomic mass is 35.5. The van der Waals surface area contributed by atoms with Gasteiger partial charge in [-0.05, 0) is 55.0 Å². The van der Waals surface area contributed by atoms with Crippen LogP contribution in [0, 0.1) is 0 Å². The fraction of sp³-hybridized carbons (Fsp3) is 0.226. The molecule has 1 aromatic heterocycles. The van der Waals surface area contributed by atoms with Crippen molar-refractivity contribution in [3.8, 4) is 11.3 Å². The van der Waals surface area contributed by atoms with Gasteiger partial charge >= 0.3 is 0 Å². The molecule has 5 rings (SSSR count). The van der Waals surface area contributed by atoms with Crippen LogP contribution in [0.15, 0.2) is 91.0 Å². The minimum Gasteiger partial charge on any atom is -0.352 e. The average Bonchev–Trinajstić information content (AvgIpc) is 3.00. The third-order valence-corrected chi connectivity index (χ3v) is 7.70. The molecule has 2 heterocycles. The lowest BCUT2D eigenvalue weighted by atomic mass is 10.1. The summed E-state index contributed by atoms with van der Waals surface area (Å²) in [5.74, 6) is 0.491. The normalized spacial score (nSPS) is 14.1. The number of hydrogen-bond donors (Lipinski definition) is 0. The Morgan fingerprint density at radius 1 is 0.850 bits per heavy atom. The van der Waals surface area contributed by atoms with Gasteiger partial charge < -0.3 is 14.7 Å². The Kier molecular flexibility index (Phi) is 8.63. The number of hydrogen-bond acceptors (Lipinski definition) is 5. The average molecular weight is 575 g/mol. The number of carbonyl (C=O) groups excluding carboxylic acids is 2. The molecule has 0 saturated carbocycles. The van der Waals surface area contributed by atoms with Crippen molar-refractivity contribution in [1.29, 1.82) is 0 Å². The van der Waals surface area contributed by atoms with E-state index in [4.69, 9.17) is 23.2 Å². The predicted molar refractivity (Wildman–Crippen MR) is 159 cm³/mol. The van der Waals surface area contributed by atoms with E-state index in [1.54, 1.807) is 29.2 Å². The number of amides is 2. The molecule has 0 spiro atoms. The van der Waals surface area contributed by atoms with Crippen molar-refractivity contribution < 1.29 is 9.59 Å². The van der Waals surface area contributed by atoms with Gasteiger partial charge in [-0.25, -0.2) is 0 Å². The van der Waals surface area contributed by atoms with Crippen LogP contribution in [0.4, 0.5) is 5.82 Å². The van der Waals surface area contributed by atoms with Crippen molar-refractivity contribution in [2.45, 2.75) is 13.0 Å². The molecule has 0 unspecified atom stereocenters. The Labute approximate surface area is 243 Å². The van der Waals surface area contributed by atoms with Gasteiger partial charge in [0.25, 0.3) is 5.91 Å². The van der Waals surface area contributed by atoms with Crippen LogP contribution in [0.3, 0.4) is 0 Å². The molecule has 1 atom stereocenters. The first-order valence-corrected chi connectivity index (χ1v) is 13.9. The summed E-state index contributed by atoms with van der Waals surface area (Å²) in [6.45, 7) is 4.24. The van der Waals surface area contributed by atoms with E-state index >= 15 is 0 Å². The monoisotopic (exact) mass is 573 g/mol. The lowest BCUT2D eigenvalue weighted by molar-refractivity contribution is -0.132. The second kappa shape index (κ2) is 12.5. The van der Waals surface area contributed by atoms with Gasteiger partial charge in [-0.1, -0.05) is 71.7 Å². The third-order valence-electron chi connectivity index (χ3n) is 7.15. The van der Waals surface area contributed by atoms with Crippen molar-refractivity contribution in [2.75, 3.05) is 37.6 Å². The van der Waals surface area contributed by atoms with Gasteiger partial charge in [0.1, 0.15) is 6.54 Å². The summed E-state index contributed by atoms with van der Waals surface area (Å²) >= 11 is 12.3. The standard InChI is InChI=1S/C31H29Cl2N5O2/c1-22(23-8-4-2-5-9-23)38(31(40)24-10-6-3-7-11-24)21-30(39)37-18-16-36(17-19-37)29-15-14-28(34-35-29)26-13-12-25(32)20-27(26)33/h2-15,20,22H,16-19,21H2,1H3/t22-/m1/s1. The van der Waals surface area contributed by atoms with Crippen LogP contribution in [0.25, 0.3) is 11.3 Å². The van der Waals surface area contributed by atoms with Crippen LogP contribution in [0.1, 0.15) is 28.9 Å². The summed E-state index contributed by atoms with van der Waals surface area (Å²) < 4.78 is 0. The molecule has 0 N–H and O–H groups in total. The maximum atomic E-state index is 13.5. The number of rotatable bonds is 7. The van der Waals surface area contributed by atoms with Crippen molar-refractivity contribution in [1.82, 2.24) is 20.0 Å². The van der Waals surface area contributed by atoms with Gasteiger partial charge in [0.2, 0.25) is 5.91 Å². The first-order chi connectivity index (χ1) is 19.4. The van der Waals surface area contributed by atoms with Gasteiger partial charge in [0, 0.05) is 42.3 Å². The zero-order chi connectivity index (χ0) is 28.1. The first kappa shape index (κ1) is 27.6. The van der Waals surface area contributed by atoms with E-state index in [1.165, 1.54) is 0 Å². The van der Waals surface area contributed by atoms with Crippen molar-refractivity contribution in [3.63, 3.8) is 0 Å². The quantitative estimate of drug-likeness (QED) is 0.271. The van der Waals surface area contributed by atoms with Crippen LogP contribution in [0.5, 0.6) is 0 Å². The van der Waals surface area contributed by atoms with E-state index in [0.717, 1.165) is 16.9 Å². The predicted octanol–water partition coefficient (Wildman–Crippen LogP) is 6.00. The van der Waals surface area contributed by atoms with E-state index in [1.807, 2.05) is 78.6 Å². The largest absolute Gasteiger partial charge is 0.352 e. The zero-order valence-corrected chi connectivity index (χ0v) is 23.6. The maximum absolute atomic E-state index is 13.5.